The first-order valence-corrected chi connectivity index (χ1v) is 5.08. The summed E-state index contributed by atoms with van der Waals surface area (Å²) in [4.78, 5) is 21.5. The molecule has 1 rings (SSSR count). The minimum absolute atomic E-state index is 0.149. The number of rotatable bonds is 4. The van der Waals surface area contributed by atoms with Crippen LogP contribution in [0.5, 0.6) is 5.75 Å². The number of halogens is 3. The molecule has 0 spiro atoms. The zero-order valence-electron chi connectivity index (χ0n) is 9.44. The highest BCUT2D eigenvalue weighted by molar-refractivity contribution is 5.87. The van der Waals surface area contributed by atoms with Gasteiger partial charge in [-0.25, -0.2) is 4.79 Å². The quantitative estimate of drug-likeness (QED) is 0.768. The lowest BCUT2D eigenvalue weighted by molar-refractivity contribution is -0.175. The lowest BCUT2D eigenvalue weighted by Gasteiger charge is -2.15. The first-order valence-electron chi connectivity index (χ1n) is 5.08. The number of aliphatic carboxylic acids is 1. The molecule has 0 saturated heterocycles. The number of aromatic hydroxyl groups is 1. The largest absolute Gasteiger partial charge is 0.508 e. The van der Waals surface area contributed by atoms with Crippen LogP contribution < -0.4 is 5.32 Å². The van der Waals surface area contributed by atoms with E-state index in [1.54, 1.807) is 0 Å². The van der Waals surface area contributed by atoms with Crippen LogP contribution in [0.15, 0.2) is 24.3 Å². The van der Waals surface area contributed by atoms with Crippen LogP contribution in [0.25, 0.3) is 0 Å². The number of phenols is 1. The van der Waals surface area contributed by atoms with Gasteiger partial charge in [-0.1, -0.05) is 12.1 Å². The van der Waals surface area contributed by atoms with Gasteiger partial charge in [0, 0.05) is 6.42 Å². The van der Waals surface area contributed by atoms with Gasteiger partial charge in [-0.05, 0) is 17.7 Å². The van der Waals surface area contributed by atoms with Crippen LogP contribution in [0.1, 0.15) is 5.56 Å². The fourth-order valence-electron chi connectivity index (χ4n) is 1.36. The summed E-state index contributed by atoms with van der Waals surface area (Å²) in [6, 6.07) is 3.64. The van der Waals surface area contributed by atoms with E-state index in [-0.39, 0.29) is 17.7 Å². The molecule has 0 heterocycles. The van der Waals surface area contributed by atoms with Crippen molar-refractivity contribution in [1.29, 1.82) is 0 Å². The Labute approximate surface area is 105 Å². The first-order chi connectivity index (χ1) is 8.70. The van der Waals surface area contributed by atoms with Crippen molar-refractivity contribution in [3.05, 3.63) is 29.8 Å². The average molecular weight is 277 g/mol. The second-order valence-corrected chi connectivity index (χ2v) is 3.74. The predicted molar refractivity (Wildman–Crippen MR) is 57.4 cm³/mol. The normalized spacial score (nSPS) is 12.8. The van der Waals surface area contributed by atoms with Crippen molar-refractivity contribution in [1.82, 2.24) is 5.32 Å². The third kappa shape index (κ3) is 4.49. The fraction of sp³-hybridized carbons (Fsp3) is 0.273. The van der Waals surface area contributed by atoms with Crippen molar-refractivity contribution in [2.45, 2.75) is 18.6 Å². The second-order valence-electron chi connectivity index (χ2n) is 3.74. The maximum absolute atomic E-state index is 12.0. The number of benzene rings is 1. The molecule has 1 amide bonds. The summed E-state index contributed by atoms with van der Waals surface area (Å²) < 4.78 is 36.1. The highest BCUT2D eigenvalue weighted by Gasteiger charge is 2.40. The third-order valence-electron chi connectivity index (χ3n) is 2.21. The summed E-state index contributed by atoms with van der Waals surface area (Å²) in [6.07, 6.45) is -5.52. The van der Waals surface area contributed by atoms with Gasteiger partial charge < -0.3 is 15.5 Å². The van der Waals surface area contributed by atoms with E-state index in [9.17, 15) is 22.8 Å². The van der Waals surface area contributed by atoms with Gasteiger partial charge in [-0.3, -0.25) is 4.79 Å². The van der Waals surface area contributed by atoms with E-state index >= 15 is 0 Å². The number of hydrogen-bond acceptors (Lipinski definition) is 3. The molecule has 0 radical (unpaired) electrons. The Bertz CT molecular complexity index is 487. The number of alkyl halides is 3. The van der Waals surface area contributed by atoms with Crippen LogP contribution in [-0.2, 0) is 16.0 Å². The second kappa shape index (κ2) is 5.59. The van der Waals surface area contributed by atoms with Gasteiger partial charge in [0.1, 0.15) is 11.8 Å². The standard InChI is InChI=1S/C11H10F3NO4/c12-11(13,14)10(19)15-8(9(17)18)5-6-2-1-3-7(16)4-6/h1-4,8,16H,5H2,(H,15,19)(H,17,18). The van der Waals surface area contributed by atoms with Crippen LogP contribution in [0.4, 0.5) is 13.2 Å². The molecule has 0 aliphatic heterocycles. The number of carboxylic acid groups (broad SMARTS) is 1. The zero-order valence-corrected chi connectivity index (χ0v) is 9.44. The molecule has 19 heavy (non-hydrogen) atoms. The Morgan fingerprint density at radius 2 is 1.95 bits per heavy atom. The molecular formula is C11H10F3NO4. The SMILES string of the molecule is O=C(O)C(Cc1cccc(O)c1)NC(=O)C(F)(F)F. The van der Waals surface area contributed by atoms with E-state index in [0.29, 0.717) is 0 Å². The molecule has 1 atom stereocenters. The van der Waals surface area contributed by atoms with Gasteiger partial charge in [-0.15, -0.1) is 0 Å². The van der Waals surface area contributed by atoms with E-state index in [2.05, 4.69) is 0 Å². The van der Waals surface area contributed by atoms with E-state index in [1.807, 2.05) is 0 Å². The minimum atomic E-state index is -5.15. The topological polar surface area (TPSA) is 86.6 Å². The molecule has 0 saturated carbocycles. The number of carbonyl (C=O) groups excluding carboxylic acids is 1. The molecule has 1 aromatic carbocycles. The maximum Gasteiger partial charge on any atom is 0.471 e. The molecule has 1 unspecified atom stereocenters. The van der Waals surface area contributed by atoms with Gasteiger partial charge in [0.2, 0.25) is 0 Å². The summed E-state index contributed by atoms with van der Waals surface area (Å²) in [5.74, 6) is -4.07. The van der Waals surface area contributed by atoms with Gasteiger partial charge >= 0.3 is 18.1 Å². The molecule has 0 aliphatic rings. The Hall–Kier alpha value is -2.25. The van der Waals surface area contributed by atoms with Gasteiger partial charge in [0.15, 0.2) is 0 Å². The van der Waals surface area contributed by atoms with Crippen molar-refractivity contribution in [3.63, 3.8) is 0 Å². The molecule has 0 aliphatic carbocycles. The predicted octanol–water partition coefficient (Wildman–Crippen LogP) is 1.07. The van der Waals surface area contributed by atoms with E-state index in [0.717, 1.165) is 0 Å². The van der Waals surface area contributed by atoms with E-state index in [4.69, 9.17) is 10.2 Å². The molecule has 0 fully saturated rings. The number of hydrogen-bond donors (Lipinski definition) is 3. The summed E-state index contributed by atoms with van der Waals surface area (Å²) in [5.41, 5.74) is 0.287. The Kier molecular flexibility index (Phi) is 4.36. The third-order valence-corrected chi connectivity index (χ3v) is 2.21. The monoisotopic (exact) mass is 277 g/mol. The molecule has 8 heteroatoms. The van der Waals surface area contributed by atoms with Crippen LogP contribution in [-0.4, -0.2) is 34.3 Å². The van der Waals surface area contributed by atoms with Gasteiger partial charge in [0.05, 0.1) is 0 Å². The van der Waals surface area contributed by atoms with Crippen LogP contribution in [0, 0.1) is 0 Å². The van der Waals surface area contributed by atoms with Crippen molar-refractivity contribution >= 4 is 11.9 Å². The molecule has 3 N–H and O–H groups in total. The molecule has 0 aromatic heterocycles. The number of carboxylic acids is 1. The fourth-order valence-corrected chi connectivity index (χ4v) is 1.36. The minimum Gasteiger partial charge on any atom is -0.508 e. The van der Waals surface area contributed by atoms with Crippen LogP contribution >= 0.6 is 0 Å². The lowest BCUT2D eigenvalue weighted by Crippen LogP contribution is -2.47. The Morgan fingerprint density at radius 3 is 2.42 bits per heavy atom. The Balaban J connectivity index is 2.80. The smallest absolute Gasteiger partial charge is 0.471 e. The summed E-state index contributed by atoms with van der Waals surface area (Å²) in [5, 5.41) is 19.3. The number of phenolic OH excluding ortho intramolecular Hbond substituents is 1. The molecule has 5 nitrogen and oxygen atoms in total. The maximum atomic E-state index is 12.0. The van der Waals surface area contributed by atoms with Gasteiger partial charge in [-0.2, -0.15) is 13.2 Å². The van der Waals surface area contributed by atoms with Crippen LogP contribution in [0.3, 0.4) is 0 Å². The van der Waals surface area contributed by atoms with Crippen molar-refractivity contribution in [3.8, 4) is 5.75 Å². The highest BCUT2D eigenvalue weighted by Crippen LogP contribution is 2.16. The average Bonchev–Trinajstić information content (AvgIpc) is 2.26. The van der Waals surface area contributed by atoms with E-state index < -0.39 is 24.1 Å². The molecule has 104 valence electrons. The Morgan fingerprint density at radius 1 is 1.32 bits per heavy atom. The van der Waals surface area contributed by atoms with E-state index in [1.165, 1.54) is 29.6 Å². The van der Waals surface area contributed by atoms with Crippen molar-refractivity contribution < 1.29 is 33.0 Å². The number of nitrogens with one attached hydrogen (secondary N) is 1. The summed E-state index contributed by atoms with van der Waals surface area (Å²) in [7, 11) is 0. The van der Waals surface area contributed by atoms with Crippen molar-refractivity contribution in [2.75, 3.05) is 0 Å². The summed E-state index contributed by atoms with van der Waals surface area (Å²) >= 11 is 0. The molecule has 1 aromatic rings. The summed E-state index contributed by atoms with van der Waals surface area (Å²) in [6.45, 7) is 0. The highest BCUT2D eigenvalue weighted by atomic mass is 19.4. The zero-order chi connectivity index (χ0) is 14.6. The van der Waals surface area contributed by atoms with Crippen molar-refractivity contribution in [2.24, 2.45) is 0 Å². The van der Waals surface area contributed by atoms with Gasteiger partial charge in [0.25, 0.3) is 0 Å². The number of amides is 1. The van der Waals surface area contributed by atoms with Crippen LogP contribution in [0.2, 0.25) is 0 Å². The first kappa shape index (κ1) is 14.8. The molecular weight excluding hydrogens is 267 g/mol. The number of carbonyl (C=O) groups is 2. The lowest BCUT2D eigenvalue weighted by atomic mass is 10.1. The molecule has 0 bridgehead atoms.